The van der Waals surface area contributed by atoms with E-state index in [9.17, 15) is 9.90 Å². The molecule has 1 aliphatic heterocycles. The van der Waals surface area contributed by atoms with Crippen molar-refractivity contribution in [1.29, 1.82) is 0 Å². The fraction of sp³-hybridized carbons (Fsp3) is 0.0625. The highest BCUT2D eigenvalue weighted by Crippen LogP contribution is 2.34. The Kier molecular flexibility index (Phi) is 3.43. The second kappa shape index (κ2) is 5.26. The molecule has 0 saturated heterocycles. The molecular formula is C16H11BrO4. The van der Waals surface area contributed by atoms with Gasteiger partial charge >= 0.3 is 0 Å². The third-order valence-electron chi connectivity index (χ3n) is 3.13. The molecule has 106 valence electrons. The number of carbonyl (C=O) groups excluding carboxylic acids is 1. The van der Waals surface area contributed by atoms with Crippen LogP contribution in [0.15, 0.2) is 46.6 Å². The highest BCUT2D eigenvalue weighted by atomic mass is 79.9. The molecule has 1 heterocycles. The summed E-state index contributed by atoms with van der Waals surface area (Å²) in [6.07, 6.45) is 1.59. The number of hydrogen-bond acceptors (Lipinski definition) is 4. The number of fused-ring (bicyclic) bond motifs is 1. The summed E-state index contributed by atoms with van der Waals surface area (Å²) in [6.45, 7) is 0. The number of phenolic OH excluding ortho intramolecular Hbond substituents is 1. The molecule has 0 atom stereocenters. The lowest BCUT2D eigenvalue weighted by Gasteiger charge is -2.04. The highest BCUT2D eigenvalue weighted by molar-refractivity contribution is 9.10. The fourth-order valence-corrected chi connectivity index (χ4v) is 2.47. The van der Waals surface area contributed by atoms with E-state index in [1.165, 1.54) is 13.2 Å². The zero-order chi connectivity index (χ0) is 15.0. The summed E-state index contributed by atoms with van der Waals surface area (Å²) < 4.78 is 11.4. The Bertz CT molecular complexity index is 765. The minimum Gasteiger partial charge on any atom is -0.504 e. The van der Waals surface area contributed by atoms with Crippen LogP contribution in [0.1, 0.15) is 15.9 Å². The number of carbonyl (C=O) groups is 1. The number of allylic oxidation sites excluding steroid dienone is 1. The number of halogens is 1. The van der Waals surface area contributed by atoms with Gasteiger partial charge in [-0.15, -0.1) is 0 Å². The van der Waals surface area contributed by atoms with E-state index in [0.717, 1.165) is 4.47 Å². The van der Waals surface area contributed by atoms with Gasteiger partial charge in [0, 0.05) is 4.47 Å². The van der Waals surface area contributed by atoms with Crippen molar-refractivity contribution in [3.05, 3.63) is 57.8 Å². The Hall–Kier alpha value is -2.27. The summed E-state index contributed by atoms with van der Waals surface area (Å²) in [4.78, 5) is 12.3. The molecule has 0 spiro atoms. The third kappa shape index (κ3) is 2.52. The van der Waals surface area contributed by atoms with Gasteiger partial charge in [-0.3, -0.25) is 4.79 Å². The summed E-state index contributed by atoms with van der Waals surface area (Å²) in [7, 11) is 1.48. The zero-order valence-corrected chi connectivity index (χ0v) is 12.7. The molecule has 5 heteroatoms. The van der Waals surface area contributed by atoms with Crippen LogP contribution in [0.2, 0.25) is 0 Å². The van der Waals surface area contributed by atoms with Crippen molar-refractivity contribution in [2.45, 2.75) is 0 Å². The summed E-state index contributed by atoms with van der Waals surface area (Å²) >= 11 is 3.33. The van der Waals surface area contributed by atoms with E-state index in [2.05, 4.69) is 15.9 Å². The number of methoxy groups -OCH3 is 1. The molecule has 0 saturated carbocycles. The van der Waals surface area contributed by atoms with Gasteiger partial charge in [-0.25, -0.2) is 0 Å². The van der Waals surface area contributed by atoms with Crippen molar-refractivity contribution in [3.63, 3.8) is 0 Å². The monoisotopic (exact) mass is 346 g/mol. The van der Waals surface area contributed by atoms with E-state index in [4.69, 9.17) is 9.47 Å². The molecule has 1 aliphatic rings. The molecule has 0 aliphatic carbocycles. The molecule has 0 amide bonds. The summed E-state index contributed by atoms with van der Waals surface area (Å²) in [5.74, 6) is 0.974. The van der Waals surface area contributed by atoms with Crippen LogP contribution in [-0.4, -0.2) is 18.0 Å². The smallest absolute Gasteiger partial charge is 0.232 e. The number of hydrogen-bond donors (Lipinski definition) is 1. The van der Waals surface area contributed by atoms with Crippen LogP contribution < -0.4 is 9.47 Å². The van der Waals surface area contributed by atoms with Gasteiger partial charge in [0.1, 0.15) is 5.75 Å². The topological polar surface area (TPSA) is 55.8 Å². The number of phenols is 1. The largest absolute Gasteiger partial charge is 0.504 e. The lowest BCUT2D eigenvalue weighted by molar-refractivity contribution is 0.101. The van der Waals surface area contributed by atoms with E-state index < -0.39 is 0 Å². The van der Waals surface area contributed by atoms with Crippen molar-refractivity contribution < 1.29 is 19.4 Å². The van der Waals surface area contributed by atoms with Gasteiger partial charge in [0.25, 0.3) is 0 Å². The number of Topliss-reactive ketones (excluding diaryl/α,β-unsaturated/α-hetero) is 1. The van der Waals surface area contributed by atoms with Crippen molar-refractivity contribution in [1.82, 2.24) is 0 Å². The van der Waals surface area contributed by atoms with E-state index in [0.29, 0.717) is 22.6 Å². The highest BCUT2D eigenvalue weighted by Gasteiger charge is 2.27. The first-order valence-electron chi connectivity index (χ1n) is 6.19. The van der Waals surface area contributed by atoms with E-state index in [1.54, 1.807) is 30.3 Å². The molecule has 0 fully saturated rings. The van der Waals surface area contributed by atoms with Gasteiger partial charge in [-0.05, 0) is 42.0 Å². The molecule has 0 unspecified atom stereocenters. The number of aromatic hydroxyl groups is 1. The minimum absolute atomic E-state index is 0.0116. The maximum atomic E-state index is 12.3. The maximum Gasteiger partial charge on any atom is 0.232 e. The average Bonchev–Trinajstić information content (AvgIpc) is 2.76. The molecule has 2 aromatic carbocycles. The van der Waals surface area contributed by atoms with Crippen LogP contribution in [-0.2, 0) is 0 Å². The lowest BCUT2D eigenvalue weighted by atomic mass is 10.1. The van der Waals surface area contributed by atoms with Crippen LogP contribution in [0.25, 0.3) is 6.08 Å². The van der Waals surface area contributed by atoms with Crippen LogP contribution in [0.5, 0.6) is 17.2 Å². The zero-order valence-electron chi connectivity index (χ0n) is 11.1. The van der Waals surface area contributed by atoms with Crippen LogP contribution >= 0.6 is 15.9 Å². The number of benzene rings is 2. The van der Waals surface area contributed by atoms with Gasteiger partial charge in [0.15, 0.2) is 17.3 Å². The molecule has 0 aromatic heterocycles. The normalized spacial score (nSPS) is 15.0. The summed E-state index contributed by atoms with van der Waals surface area (Å²) in [5.41, 5.74) is 1.18. The number of ketones is 1. The molecule has 21 heavy (non-hydrogen) atoms. The van der Waals surface area contributed by atoms with Crippen molar-refractivity contribution >= 4 is 27.8 Å². The average molecular weight is 347 g/mol. The predicted molar refractivity (Wildman–Crippen MR) is 81.7 cm³/mol. The molecule has 4 nitrogen and oxygen atoms in total. The van der Waals surface area contributed by atoms with Gasteiger partial charge in [0.05, 0.1) is 12.7 Å². The number of ether oxygens (including phenoxy) is 2. The molecule has 0 bridgehead atoms. The SMILES string of the molecule is COc1ccc(/C=C2\Oc3ccc(Br)cc3C2=O)cc1O. The molecular weight excluding hydrogens is 336 g/mol. The van der Waals surface area contributed by atoms with Crippen LogP contribution in [0.3, 0.4) is 0 Å². The summed E-state index contributed by atoms with van der Waals surface area (Å²) in [5, 5.41) is 9.75. The second-order valence-corrected chi connectivity index (χ2v) is 5.43. The Morgan fingerprint density at radius 1 is 1.24 bits per heavy atom. The second-order valence-electron chi connectivity index (χ2n) is 4.51. The Labute approximate surface area is 129 Å². The molecule has 1 N–H and O–H groups in total. The Balaban J connectivity index is 1.96. The van der Waals surface area contributed by atoms with E-state index >= 15 is 0 Å². The standard InChI is InChI=1S/C16H11BrO4/c1-20-14-4-2-9(6-12(14)18)7-15-16(19)11-8-10(17)3-5-13(11)21-15/h2-8,18H,1H3/b15-7-. The van der Waals surface area contributed by atoms with E-state index in [1.807, 2.05) is 6.07 Å². The first-order valence-corrected chi connectivity index (χ1v) is 6.98. The van der Waals surface area contributed by atoms with Gasteiger partial charge in [-0.1, -0.05) is 22.0 Å². The predicted octanol–water partition coefficient (Wildman–Crippen LogP) is 3.78. The van der Waals surface area contributed by atoms with Gasteiger partial charge < -0.3 is 14.6 Å². The van der Waals surface area contributed by atoms with Crippen molar-refractivity contribution in [2.75, 3.05) is 7.11 Å². The maximum absolute atomic E-state index is 12.3. The first kappa shape index (κ1) is 13.7. The third-order valence-corrected chi connectivity index (χ3v) is 3.62. The van der Waals surface area contributed by atoms with Gasteiger partial charge in [0.2, 0.25) is 5.78 Å². The lowest BCUT2D eigenvalue weighted by Crippen LogP contribution is -1.98. The Morgan fingerprint density at radius 2 is 2.05 bits per heavy atom. The quantitative estimate of drug-likeness (QED) is 0.840. The molecule has 2 aromatic rings. The van der Waals surface area contributed by atoms with Gasteiger partial charge in [-0.2, -0.15) is 0 Å². The summed E-state index contributed by atoms with van der Waals surface area (Å²) in [6, 6.07) is 10.2. The van der Waals surface area contributed by atoms with Crippen molar-refractivity contribution in [3.8, 4) is 17.2 Å². The van der Waals surface area contributed by atoms with Crippen LogP contribution in [0.4, 0.5) is 0 Å². The fourth-order valence-electron chi connectivity index (χ4n) is 2.11. The number of rotatable bonds is 2. The first-order chi connectivity index (χ1) is 10.1. The Morgan fingerprint density at radius 3 is 2.76 bits per heavy atom. The van der Waals surface area contributed by atoms with Crippen molar-refractivity contribution in [2.24, 2.45) is 0 Å². The van der Waals surface area contributed by atoms with E-state index in [-0.39, 0.29) is 17.3 Å². The van der Waals surface area contributed by atoms with Crippen LogP contribution in [0, 0.1) is 0 Å². The molecule has 0 radical (unpaired) electrons. The molecule has 3 rings (SSSR count). The minimum atomic E-state index is -0.179.